The molecule has 0 radical (unpaired) electrons. The molecule has 1 aromatic rings. The summed E-state index contributed by atoms with van der Waals surface area (Å²) in [5.41, 5.74) is 1.03. The molecule has 1 aromatic carbocycles. The fourth-order valence-corrected chi connectivity index (χ4v) is 2.19. The van der Waals surface area contributed by atoms with Crippen molar-refractivity contribution >= 4 is 23.2 Å². The lowest BCUT2D eigenvalue weighted by Gasteiger charge is -2.24. The summed E-state index contributed by atoms with van der Waals surface area (Å²) in [5.74, 6) is -0.274. The summed E-state index contributed by atoms with van der Waals surface area (Å²) in [6.45, 7) is 1.70. The molecule has 0 atom stereocenters. The summed E-state index contributed by atoms with van der Waals surface area (Å²) < 4.78 is 0. The van der Waals surface area contributed by atoms with Gasteiger partial charge in [0.05, 0.1) is 5.92 Å². The fourth-order valence-electron chi connectivity index (χ4n) is 2.06. The van der Waals surface area contributed by atoms with E-state index in [1.54, 1.807) is 19.1 Å². The van der Waals surface area contributed by atoms with Crippen molar-refractivity contribution in [2.45, 2.75) is 25.7 Å². The van der Waals surface area contributed by atoms with Gasteiger partial charge in [-0.2, -0.15) is 0 Å². The van der Waals surface area contributed by atoms with Crippen LogP contribution in [0, 0.1) is 5.92 Å². The Balaban J connectivity index is 2.20. The SMILES string of the molecule is CC1C(=O)CC(c2ccc(Cl)cc2)CC1=O. The maximum absolute atomic E-state index is 11.6. The van der Waals surface area contributed by atoms with E-state index in [9.17, 15) is 9.59 Å². The first-order chi connectivity index (χ1) is 7.58. The number of carbonyl (C=O) groups excluding carboxylic acids is 2. The number of ketones is 2. The molecule has 1 saturated carbocycles. The molecule has 16 heavy (non-hydrogen) atoms. The van der Waals surface area contributed by atoms with Crippen LogP contribution < -0.4 is 0 Å². The van der Waals surface area contributed by atoms with Gasteiger partial charge in [0.25, 0.3) is 0 Å². The second kappa shape index (κ2) is 4.38. The lowest BCUT2D eigenvalue weighted by molar-refractivity contribution is -0.135. The molecule has 1 aliphatic rings. The minimum atomic E-state index is -0.413. The van der Waals surface area contributed by atoms with Gasteiger partial charge in [0, 0.05) is 17.9 Å². The highest BCUT2D eigenvalue weighted by atomic mass is 35.5. The average Bonchev–Trinajstić information content (AvgIpc) is 2.26. The zero-order chi connectivity index (χ0) is 11.7. The Hall–Kier alpha value is -1.15. The van der Waals surface area contributed by atoms with Crippen LogP contribution in [0.15, 0.2) is 24.3 Å². The van der Waals surface area contributed by atoms with E-state index < -0.39 is 5.92 Å². The van der Waals surface area contributed by atoms with Crippen LogP contribution in [0.4, 0.5) is 0 Å². The second-order valence-electron chi connectivity index (χ2n) is 4.31. The van der Waals surface area contributed by atoms with Gasteiger partial charge >= 0.3 is 0 Å². The van der Waals surface area contributed by atoms with E-state index in [0.29, 0.717) is 17.9 Å². The Bertz CT molecular complexity index is 404. The van der Waals surface area contributed by atoms with Crippen molar-refractivity contribution in [3.8, 4) is 0 Å². The van der Waals surface area contributed by atoms with Crippen LogP contribution in [-0.4, -0.2) is 11.6 Å². The summed E-state index contributed by atoms with van der Waals surface area (Å²) in [6.07, 6.45) is 0.934. The number of Topliss-reactive ketones (excluding diaryl/α,β-unsaturated/α-hetero) is 2. The molecule has 3 heteroatoms. The molecule has 1 fully saturated rings. The van der Waals surface area contributed by atoms with E-state index in [0.717, 1.165) is 5.56 Å². The van der Waals surface area contributed by atoms with Crippen LogP contribution in [0.3, 0.4) is 0 Å². The molecule has 1 aliphatic carbocycles. The quantitative estimate of drug-likeness (QED) is 0.703. The van der Waals surface area contributed by atoms with Crippen molar-refractivity contribution in [1.29, 1.82) is 0 Å². The number of carbonyl (C=O) groups is 2. The zero-order valence-electron chi connectivity index (χ0n) is 9.07. The maximum Gasteiger partial charge on any atom is 0.143 e. The van der Waals surface area contributed by atoms with Gasteiger partial charge in [0.1, 0.15) is 11.6 Å². The Morgan fingerprint density at radius 1 is 1.06 bits per heavy atom. The second-order valence-corrected chi connectivity index (χ2v) is 4.75. The van der Waals surface area contributed by atoms with Gasteiger partial charge in [-0.25, -0.2) is 0 Å². The van der Waals surface area contributed by atoms with Crippen molar-refractivity contribution in [2.24, 2.45) is 5.92 Å². The fraction of sp³-hybridized carbons (Fsp3) is 0.385. The van der Waals surface area contributed by atoms with Gasteiger partial charge < -0.3 is 0 Å². The molecular formula is C13H13ClO2. The van der Waals surface area contributed by atoms with Crippen molar-refractivity contribution in [3.05, 3.63) is 34.9 Å². The molecular weight excluding hydrogens is 224 g/mol. The predicted octanol–water partition coefficient (Wildman–Crippen LogP) is 2.99. The maximum atomic E-state index is 11.6. The normalized spacial score (nSPS) is 25.9. The molecule has 0 heterocycles. The molecule has 0 spiro atoms. The topological polar surface area (TPSA) is 34.1 Å². The minimum Gasteiger partial charge on any atom is -0.299 e. The van der Waals surface area contributed by atoms with Gasteiger partial charge in [0.2, 0.25) is 0 Å². The average molecular weight is 237 g/mol. The smallest absolute Gasteiger partial charge is 0.143 e. The first-order valence-electron chi connectivity index (χ1n) is 5.39. The minimum absolute atomic E-state index is 0.0356. The lowest BCUT2D eigenvalue weighted by atomic mass is 9.78. The van der Waals surface area contributed by atoms with Gasteiger partial charge in [-0.3, -0.25) is 9.59 Å². The highest BCUT2D eigenvalue weighted by Gasteiger charge is 2.32. The van der Waals surface area contributed by atoms with Gasteiger partial charge in [-0.1, -0.05) is 23.7 Å². The van der Waals surface area contributed by atoms with Gasteiger partial charge in [-0.15, -0.1) is 0 Å². The van der Waals surface area contributed by atoms with Crippen molar-refractivity contribution in [2.75, 3.05) is 0 Å². The van der Waals surface area contributed by atoms with Crippen molar-refractivity contribution < 1.29 is 9.59 Å². The van der Waals surface area contributed by atoms with E-state index >= 15 is 0 Å². The highest BCUT2D eigenvalue weighted by Crippen LogP contribution is 2.31. The van der Waals surface area contributed by atoms with Crippen LogP contribution >= 0.6 is 11.6 Å². The third-order valence-corrected chi connectivity index (χ3v) is 3.45. The molecule has 0 aliphatic heterocycles. The Kier molecular flexibility index (Phi) is 3.10. The largest absolute Gasteiger partial charge is 0.299 e. The lowest BCUT2D eigenvalue weighted by Crippen LogP contribution is -2.30. The molecule has 0 bridgehead atoms. The molecule has 0 unspecified atom stereocenters. The van der Waals surface area contributed by atoms with E-state index in [1.165, 1.54) is 0 Å². The zero-order valence-corrected chi connectivity index (χ0v) is 9.83. The molecule has 2 nitrogen and oxygen atoms in total. The van der Waals surface area contributed by atoms with E-state index in [4.69, 9.17) is 11.6 Å². The summed E-state index contributed by atoms with van der Waals surface area (Å²) in [7, 11) is 0. The predicted molar refractivity (Wildman–Crippen MR) is 62.6 cm³/mol. The number of hydrogen-bond donors (Lipinski definition) is 0. The van der Waals surface area contributed by atoms with E-state index in [2.05, 4.69) is 0 Å². The summed E-state index contributed by atoms with van der Waals surface area (Å²) >= 11 is 5.80. The van der Waals surface area contributed by atoms with Crippen LogP contribution in [0.25, 0.3) is 0 Å². The molecule has 0 saturated heterocycles. The third-order valence-electron chi connectivity index (χ3n) is 3.20. The number of hydrogen-bond acceptors (Lipinski definition) is 2. The monoisotopic (exact) mass is 236 g/mol. The Morgan fingerprint density at radius 2 is 1.56 bits per heavy atom. The van der Waals surface area contributed by atoms with Crippen LogP contribution in [0.2, 0.25) is 5.02 Å². The molecule has 84 valence electrons. The summed E-state index contributed by atoms with van der Waals surface area (Å²) in [5, 5.41) is 0.672. The number of rotatable bonds is 1. The van der Waals surface area contributed by atoms with E-state index in [1.807, 2.05) is 12.1 Å². The van der Waals surface area contributed by atoms with Crippen LogP contribution in [0.5, 0.6) is 0 Å². The van der Waals surface area contributed by atoms with Gasteiger partial charge in [-0.05, 0) is 30.5 Å². The Morgan fingerprint density at radius 3 is 2.06 bits per heavy atom. The number of benzene rings is 1. The molecule has 0 amide bonds. The molecule has 0 N–H and O–H groups in total. The number of halogens is 1. The van der Waals surface area contributed by atoms with Crippen molar-refractivity contribution in [1.82, 2.24) is 0 Å². The first kappa shape index (κ1) is 11.3. The van der Waals surface area contributed by atoms with E-state index in [-0.39, 0.29) is 17.5 Å². The molecule has 2 rings (SSSR count). The highest BCUT2D eigenvalue weighted by molar-refractivity contribution is 6.30. The third kappa shape index (κ3) is 2.17. The molecule has 0 aromatic heterocycles. The standard InChI is InChI=1S/C13H13ClO2/c1-8-12(15)6-10(7-13(8)16)9-2-4-11(14)5-3-9/h2-5,8,10H,6-7H2,1H3. The van der Waals surface area contributed by atoms with Crippen molar-refractivity contribution in [3.63, 3.8) is 0 Å². The van der Waals surface area contributed by atoms with Crippen LogP contribution in [0.1, 0.15) is 31.2 Å². The summed E-state index contributed by atoms with van der Waals surface area (Å²) in [4.78, 5) is 23.2. The summed E-state index contributed by atoms with van der Waals surface area (Å²) in [6, 6.07) is 7.38. The first-order valence-corrected chi connectivity index (χ1v) is 5.76. The Labute approximate surface area is 99.6 Å². The van der Waals surface area contributed by atoms with Gasteiger partial charge in [0.15, 0.2) is 0 Å². The van der Waals surface area contributed by atoms with Crippen LogP contribution in [-0.2, 0) is 9.59 Å².